The molecule has 1 atom stereocenters. The molecule has 0 saturated carbocycles. The van der Waals surface area contributed by atoms with Crippen LogP contribution in [0.5, 0.6) is 0 Å². The lowest BCUT2D eigenvalue weighted by Gasteiger charge is -2.23. The fourth-order valence-corrected chi connectivity index (χ4v) is 0.986. The smallest absolute Gasteiger partial charge is 0.329 e. The van der Waals surface area contributed by atoms with Gasteiger partial charge in [-0.25, -0.2) is 4.79 Å². The normalized spacial score (nSPS) is 12.8. The van der Waals surface area contributed by atoms with Crippen LogP contribution in [0.2, 0.25) is 0 Å². The molecule has 0 heterocycles. The van der Waals surface area contributed by atoms with Crippen molar-refractivity contribution in [2.24, 2.45) is 0 Å². The number of carbonyl (C=O) groups is 3. The Labute approximate surface area is 94.0 Å². The molecule has 0 rings (SSSR count). The van der Waals surface area contributed by atoms with Crippen molar-refractivity contribution in [3.63, 3.8) is 0 Å². The largest absolute Gasteiger partial charge is 0.481 e. The number of carboxylic acid groups (broad SMARTS) is 1. The summed E-state index contributed by atoms with van der Waals surface area (Å²) >= 11 is 0. The van der Waals surface area contributed by atoms with E-state index in [1.165, 1.54) is 6.92 Å². The molecule has 0 aromatic rings. The summed E-state index contributed by atoms with van der Waals surface area (Å²) in [5, 5.41) is 10.8. The van der Waals surface area contributed by atoms with Crippen LogP contribution in [0.1, 0.15) is 34.1 Å². The van der Waals surface area contributed by atoms with Gasteiger partial charge in [-0.15, -0.1) is 0 Å². The quantitative estimate of drug-likeness (QED) is 0.679. The highest BCUT2D eigenvalue weighted by atomic mass is 16.6. The summed E-state index contributed by atoms with van der Waals surface area (Å²) in [4.78, 5) is 32.8. The lowest BCUT2D eigenvalue weighted by molar-refractivity contribution is -0.161. The number of esters is 1. The highest BCUT2D eigenvalue weighted by Gasteiger charge is 2.27. The van der Waals surface area contributed by atoms with Gasteiger partial charge in [-0.05, 0) is 20.8 Å². The van der Waals surface area contributed by atoms with E-state index in [9.17, 15) is 14.4 Å². The molecular formula is C10H17NO5. The van der Waals surface area contributed by atoms with Crippen molar-refractivity contribution in [2.75, 3.05) is 0 Å². The van der Waals surface area contributed by atoms with E-state index in [-0.39, 0.29) is 0 Å². The molecule has 0 aliphatic heterocycles. The summed E-state index contributed by atoms with van der Waals surface area (Å²) in [6, 6.07) is -1.14. The van der Waals surface area contributed by atoms with Gasteiger partial charge in [-0.3, -0.25) is 9.59 Å². The Morgan fingerprint density at radius 1 is 1.31 bits per heavy atom. The molecule has 6 nitrogen and oxygen atoms in total. The Morgan fingerprint density at radius 2 is 1.81 bits per heavy atom. The summed E-state index contributed by atoms with van der Waals surface area (Å²) in [6.07, 6.45) is -0.492. The van der Waals surface area contributed by atoms with E-state index in [2.05, 4.69) is 5.32 Å². The van der Waals surface area contributed by atoms with E-state index in [0.29, 0.717) is 0 Å². The Kier molecular flexibility index (Phi) is 4.94. The van der Waals surface area contributed by atoms with E-state index < -0.39 is 35.9 Å². The maximum atomic E-state index is 11.5. The molecule has 6 heteroatoms. The van der Waals surface area contributed by atoms with Crippen LogP contribution in [0.4, 0.5) is 0 Å². The number of ether oxygens (including phenoxy) is 1. The molecule has 0 fully saturated rings. The Balaban J connectivity index is 4.56. The lowest BCUT2D eigenvalue weighted by Crippen LogP contribution is -2.44. The second-order valence-electron chi connectivity index (χ2n) is 4.38. The van der Waals surface area contributed by atoms with Gasteiger partial charge in [0.05, 0.1) is 6.42 Å². The first kappa shape index (κ1) is 14.4. The van der Waals surface area contributed by atoms with Gasteiger partial charge in [0.15, 0.2) is 0 Å². The number of amides is 1. The molecule has 0 radical (unpaired) electrons. The zero-order valence-electron chi connectivity index (χ0n) is 9.86. The molecule has 0 saturated heterocycles. The molecular weight excluding hydrogens is 214 g/mol. The monoisotopic (exact) mass is 231 g/mol. The summed E-state index contributed by atoms with van der Waals surface area (Å²) in [5.41, 5.74) is -0.716. The number of nitrogens with one attached hydrogen (secondary N) is 1. The minimum Gasteiger partial charge on any atom is -0.481 e. The fraction of sp³-hybridized carbons (Fsp3) is 0.700. The third-order valence-electron chi connectivity index (χ3n) is 1.45. The molecule has 2 N–H and O–H groups in total. The third-order valence-corrected chi connectivity index (χ3v) is 1.45. The van der Waals surface area contributed by atoms with E-state index >= 15 is 0 Å². The molecule has 1 amide bonds. The molecule has 0 unspecified atom stereocenters. The second-order valence-corrected chi connectivity index (χ2v) is 4.38. The van der Waals surface area contributed by atoms with E-state index in [4.69, 9.17) is 9.84 Å². The van der Waals surface area contributed by atoms with Crippen molar-refractivity contribution in [1.29, 1.82) is 0 Å². The van der Waals surface area contributed by atoms with Crippen LogP contribution in [-0.4, -0.2) is 34.6 Å². The summed E-state index contributed by atoms with van der Waals surface area (Å²) in [7, 11) is 0. The van der Waals surface area contributed by atoms with Crippen LogP contribution in [0.15, 0.2) is 0 Å². The van der Waals surface area contributed by atoms with Gasteiger partial charge in [0, 0.05) is 6.92 Å². The van der Waals surface area contributed by atoms with Crippen LogP contribution in [0, 0.1) is 0 Å². The number of carboxylic acids is 1. The molecule has 92 valence electrons. The fourth-order valence-electron chi connectivity index (χ4n) is 0.986. The van der Waals surface area contributed by atoms with Crippen LogP contribution < -0.4 is 5.32 Å². The number of aliphatic carboxylic acids is 1. The molecule has 0 aromatic heterocycles. The summed E-state index contributed by atoms with van der Waals surface area (Å²) in [6.45, 7) is 6.20. The van der Waals surface area contributed by atoms with Crippen molar-refractivity contribution in [3.8, 4) is 0 Å². The zero-order valence-corrected chi connectivity index (χ0v) is 9.86. The maximum Gasteiger partial charge on any atom is 0.329 e. The van der Waals surface area contributed by atoms with Crippen LogP contribution in [0.25, 0.3) is 0 Å². The first-order valence-corrected chi connectivity index (χ1v) is 4.83. The Morgan fingerprint density at radius 3 is 2.12 bits per heavy atom. The topological polar surface area (TPSA) is 92.7 Å². The number of rotatable bonds is 4. The number of hydrogen-bond acceptors (Lipinski definition) is 4. The average Bonchev–Trinajstić information content (AvgIpc) is 1.97. The predicted molar refractivity (Wildman–Crippen MR) is 55.7 cm³/mol. The standard InChI is InChI=1S/C10H17NO5/c1-6(12)11-7(5-8(13)14)9(15)16-10(2,3)4/h7H,5H2,1-4H3,(H,11,12)(H,13,14)/t7-/m0/s1. The number of carbonyl (C=O) groups excluding carboxylic acids is 2. The molecule has 16 heavy (non-hydrogen) atoms. The van der Waals surface area contributed by atoms with Gasteiger partial charge in [-0.1, -0.05) is 0 Å². The maximum absolute atomic E-state index is 11.5. The molecule has 0 aromatic carbocycles. The highest BCUT2D eigenvalue weighted by molar-refractivity contribution is 5.87. The SMILES string of the molecule is CC(=O)N[C@@H](CC(=O)O)C(=O)OC(C)(C)C. The molecule has 0 aliphatic carbocycles. The van der Waals surface area contributed by atoms with E-state index in [1.807, 2.05) is 0 Å². The summed E-state index contributed by atoms with van der Waals surface area (Å²) in [5.74, 6) is -2.40. The van der Waals surface area contributed by atoms with Gasteiger partial charge >= 0.3 is 11.9 Å². The van der Waals surface area contributed by atoms with Gasteiger partial charge in [0.25, 0.3) is 0 Å². The van der Waals surface area contributed by atoms with Gasteiger partial charge in [0.2, 0.25) is 5.91 Å². The highest BCUT2D eigenvalue weighted by Crippen LogP contribution is 2.09. The van der Waals surface area contributed by atoms with Crippen molar-refractivity contribution < 1.29 is 24.2 Å². The first-order valence-electron chi connectivity index (χ1n) is 4.83. The van der Waals surface area contributed by atoms with Gasteiger partial charge < -0.3 is 15.2 Å². The van der Waals surface area contributed by atoms with Crippen LogP contribution >= 0.6 is 0 Å². The van der Waals surface area contributed by atoms with Crippen LogP contribution in [-0.2, 0) is 19.1 Å². The lowest BCUT2D eigenvalue weighted by atomic mass is 10.1. The predicted octanol–water partition coefficient (Wildman–Crippen LogP) is 0.307. The van der Waals surface area contributed by atoms with Gasteiger partial charge in [-0.2, -0.15) is 0 Å². The Bertz CT molecular complexity index is 276. The van der Waals surface area contributed by atoms with E-state index in [1.54, 1.807) is 20.8 Å². The Hall–Kier alpha value is -1.59. The zero-order chi connectivity index (χ0) is 12.9. The second kappa shape index (κ2) is 5.48. The average molecular weight is 231 g/mol. The van der Waals surface area contributed by atoms with E-state index in [0.717, 1.165) is 0 Å². The minimum atomic E-state index is -1.18. The van der Waals surface area contributed by atoms with Gasteiger partial charge in [0.1, 0.15) is 11.6 Å². The molecule has 0 spiro atoms. The van der Waals surface area contributed by atoms with Crippen molar-refractivity contribution in [3.05, 3.63) is 0 Å². The molecule has 0 bridgehead atoms. The van der Waals surface area contributed by atoms with Crippen LogP contribution in [0.3, 0.4) is 0 Å². The third kappa shape index (κ3) is 6.80. The first-order chi connectivity index (χ1) is 7.11. The van der Waals surface area contributed by atoms with Crippen molar-refractivity contribution in [2.45, 2.75) is 45.8 Å². The van der Waals surface area contributed by atoms with Crippen molar-refractivity contribution >= 4 is 17.8 Å². The number of hydrogen-bond donors (Lipinski definition) is 2. The minimum absolute atomic E-state index is 0.475. The summed E-state index contributed by atoms with van der Waals surface area (Å²) < 4.78 is 4.98. The van der Waals surface area contributed by atoms with Crippen molar-refractivity contribution in [1.82, 2.24) is 5.32 Å². The molecule has 0 aliphatic rings.